The third-order valence-corrected chi connectivity index (χ3v) is 2.73. The molecule has 0 saturated heterocycles. The van der Waals surface area contributed by atoms with Gasteiger partial charge in [0.25, 0.3) is 0 Å². The van der Waals surface area contributed by atoms with Crippen molar-refractivity contribution in [3.63, 3.8) is 0 Å². The van der Waals surface area contributed by atoms with Crippen molar-refractivity contribution in [3.05, 3.63) is 28.3 Å². The number of carbonyl (C=O) groups excluding carboxylic acids is 1. The van der Waals surface area contributed by atoms with E-state index in [2.05, 4.69) is 0 Å². The maximum absolute atomic E-state index is 11.6. The van der Waals surface area contributed by atoms with Crippen molar-refractivity contribution in [3.8, 4) is 5.75 Å². The lowest BCUT2D eigenvalue weighted by Crippen LogP contribution is -2.08. The van der Waals surface area contributed by atoms with Crippen molar-refractivity contribution in [1.82, 2.24) is 0 Å². The molecular weight excluding hydrogens is 192 g/mol. The fourth-order valence-corrected chi connectivity index (χ4v) is 1.56. The van der Waals surface area contributed by atoms with Gasteiger partial charge >= 0.3 is 5.97 Å². The van der Waals surface area contributed by atoms with Crippen LogP contribution in [0.1, 0.15) is 27.0 Å². The van der Waals surface area contributed by atoms with E-state index in [0.717, 1.165) is 16.7 Å². The quantitative estimate of drug-likeness (QED) is 0.700. The number of carbonyl (C=O) groups is 1. The predicted molar refractivity (Wildman–Crippen MR) is 58.5 cm³/mol. The van der Waals surface area contributed by atoms with Crippen LogP contribution in [-0.4, -0.2) is 20.2 Å². The van der Waals surface area contributed by atoms with Gasteiger partial charge in [-0.3, -0.25) is 0 Å². The molecule has 0 atom stereocenters. The molecule has 0 aliphatic rings. The average Bonchev–Trinajstić information content (AvgIpc) is 2.24. The summed E-state index contributed by atoms with van der Waals surface area (Å²) in [6.07, 6.45) is 0. The van der Waals surface area contributed by atoms with Gasteiger partial charge in [0.1, 0.15) is 11.3 Å². The molecular formula is C12H16O3. The molecule has 15 heavy (non-hydrogen) atoms. The topological polar surface area (TPSA) is 35.5 Å². The van der Waals surface area contributed by atoms with Crippen LogP contribution in [0.15, 0.2) is 6.07 Å². The highest BCUT2D eigenvalue weighted by Gasteiger charge is 2.18. The van der Waals surface area contributed by atoms with Gasteiger partial charge in [-0.15, -0.1) is 0 Å². The van der Waals surface area contributed by atoms with E-state index in [1.54, 1.807) is 7.11 Å². The molecule has 0 unspecified atom stereocenters. The Bertz CT molecular complexity index is 394. The van der Waals surface area contributed by atoms with Gasteiger partial charge in [-0.1, -0.05) is 0 Å². The summed E-state index contributed by atoms with van der Waals surface area (Å²) in [6, 6.07) is 1.86. The Morgan fingerprint density at radius 3 is 2.20 bits per heavy atom. The molecule has 0 spiro atoms. The molecule has 0 aliphatic carbocycles. The molecule has 0 heterocycles. The second-order valence-corrected chi connectivity index (χ2v) is 3.51. The Labute approximate surface area is 90.0 Å². The minimum Gasteiger partial charge on any atom is -0.496 e. The minimum absolute atomic E-state index is 0.354. The highest BCUT2D eigenvalue weighted by Crippen LogP contribution is 2.28. The van der Waals surface area contributed by atoms with E-state index >= 15 is 0 Å². The van der Waals surface area contributed by atoms with Gasteiger partial charge in [0, 0.05) is 0 Å². The van der Waals surface area contributed by atoms with E-state index in [4.69, 9.17) is 9.47 Å². The summed E-state index contributed by atoms with van der Waals surface area (Å²) < 4.78 is 9.92. The Hall–Kier alpha value is -1.51. The van der Waals surface area contributed by atoms with Crippen LogP contribution in [0.3, 0.4) is 0 Å². The lowest BCUT2D eigenvalue weighted by atomic mass is 9.98. The lowest BCUT2D eigenvalue weighted by molar-refractivity contribution is 0.0596. The number of benzene rings is 1. The predicted octanol–water partition coefficient (Wildman–Crippen LogP) is 2.41. The molecule has 1 aromatic rings. The monoisotopic (exact) mass is 208 g/mol. The van der Waals surface area contributed by atoms with Gasteiger partial charge in [0.15, 0.2) is 0 Å². The number of esters is 1. The number of aryl methyl sites for hydroxylation is 1. The fourth-order valence-electron chi connectivity index (χ4n) is 1.56. The van der Waals surface area contributed by atoms with Crippen LogP contribution in [0.2, 0.25) is 0 Å². The van der Waals surface area contributed by atoms with Crippen LogP contribution in [0, 0.1) is 20.8 Å². The molecule has 0 aliphatic heterocycles. The first-order valence-electron chi connectivity index (χ1n) is 4.76. The highest BCUT2D eigenvalue weighted by atomic mass is 16.5. The Balaban J connectivity index is 3.47. The van der Waals surface area contributed by atoms with Crippen LogP contribution in [0.25, 0.3) is 0 Å². The molecule has 1 aromatic carbocycles. The number of ether oxygens (including phenoxy) is 2. The van der Waals surface area contributed by atoms with Crippen molar-refractivity contribution >= 4 is 5.97 Å². The summed E-state index contributed by atoms with van der Waals surface area (Å²) in [4.78, 5) is 11.6. The van der Waals surface area contributed by atoms with Gasteiger partial charge in [0.05, 0.1) is 14.2 Å². The molecule has 0 bridgehead atoms. The normalized spacial score (nSPS) is 9.93. The molecule has 0 aromatic heterocycles. The highest BCUT2D eigenvalue weighted by molar-refractivity contribution is 5.94. The van der Waals surface area contributed by atoms with Crippen LogP contribution in [0.5, 0.6) is 5.75 Å². The number of hydrogen-bond acceptors (Lipinski definition) is 3. The van der Waals surface area contributed by atoms with Crippen LogP contribution < -0.4 is 4.74 Å². The summed E-state index contributed by atoms with van der Waals surface area (Å²) in [6.45, 7) is 5.87. The average molecular weight is 208 g/mol. The molecule has 82 valence electrons. The fraction of sp³-hybridized carbons (Fsp3) is 0.417. The van der Waals surface area contributed by atoms with Crippen LogP contribution >= 0.6 is 0 Å². The number of methoxy groups -OCH3 is 2. The smallest absolute Gasteiger partial charge is 0.341 e. The lowest BCUT2D eigenvalue weighted by Gasteiger charge is -2.14. The number of rotatable bonds is 2. The van der Waals surface area contributed by atoms with Crippen molar-refractivity contribution in [2.75, 3.05) is 14.2 Å². The van der Waals surface area contributed by atoms with E-state index in [1.807, 2.05) is 26.8 Å². The first-order chi connectivity index (χ1) is 7.02. The zero-order chi connectivity index (χ0) is 11.6. The Morgan fingerprint density at radius 1 is 1.13 bits per heavy atom. The van der Waals surface area contributed by atoms with E-state index in [1.165, 1.54) is 7.11 Å². The largest absolute Gasteiger partial charge is 0.496 e. The zero-order valence-corrected chi connectivity index (χ0v) is 9.80. The first kappa shape index (κ1) is 11.6. The molecule has 0 N–H and O–H groups in total. The van der Waals surface area contributed by atoms with Gasteiger partial charge < -0.3 is 9.47 Å². The molecule has 0 amide bonds. The standard InChI is InChI=1S/C12H16O3/c1-7-6-10(14-4)11(12(13)15-5)9(3)8(7)2/h6H,1-5H3. The molecule has 3 heteroatoms. The molecule has 3 nitrogen and oxygen atoms in total. The Kier molecular flexibility index (Phi) is 3.35. The van der Waals surface area contributed by atoms with E-state index < -0.39 is 0 Å². The van der Waals surface area contributed by atoms with Crippen LogP contribution in [-0.2, 0) is 4.74 Å². The maximum Gasteiger partial charge on any atom is 0.341 e. The van der Waals surface area contributed by atoms with Gasteiger partial charge in [0.2, 0.25) is 0 Å². The Morgan fingerprint density at radius 2 is 1.73 bits per heavy atom. The van der Waals surface area contributed by atoms with Gasteiger partial charge in [-0.25, -0.2) is 4.79 Å². The molecule has 0 saturated carbocycles. The summed E-state index contributed by atoms with van der Waals surface area (Å²) in [5.74, 6) is 0.218. The van der Waals surface area contributed by atoms with E-state index in [-0.39, 0.29) is 5.97 Å². The van der Waals surface area contributed by atoms with E-state index in [9.17, 15) is 4.79 Å². The van der Waals surface area contributed by atoms with E-state index in [0.29, 0.717) is 11.3 Å². The van der Waals surface area contributed by atoms with Crippen LogP contribution in [0.4, 0.5) is 0 Å². The van der Waals surface area contributed by atoms with Crippen molar-refractivity contribution < 1.29 is 14.3 Å². The summed E-state index contributed by atoms with van der Waals surface area (Å²) >= 11 is 0. The van der Waals surface area contributed by atoms with Gasteiger partial charge in [-0.05, 0) is 43.5 Å². The van der Waals surface area contributed by atoms with Gasteiger partial charge in [-0.2, -0.15) is 0 Å². The number of hydrogen-bond donors (Lipinski definition) is 0. The third-order valence-electron chi connectivity index (χ3n) is 2.73. The molecule has 0 fully saturated rings. The van der Waals surface area contributed by atoms with Crippen molar-refractivity contribution in [2.45, 2.75) is 20.8 Å². The van der Waals surface area contributed by atoms with Crippen molar-refractivity contribution in [1.29, 1.82) is 0 Å². The molecule has 0 radical (unpaired) electrons. The maximum atomic E-state index is 11.6. The zero-order valence-electron chi connectivity index (χ0n) is 9.80. The summed E-state index contributed by atoms with van der Waals surface area (Å²) in [5, 5.41) is 0. The van der Waals surface area contributed by atoms with Crippen molar-refractivity contribution in [2.24, 2.45) is 0 Å². The summed E-state index contributed by atoms with van der Waals surface area (Å²) in [5.41, 5.74) is 3.63. The summed E-state index contributed by atoms with van der Waals surface area (Å²) in [7, 11) is 2.92. The second-order valence-electron chi connectivity index (χ2n) is 3.51. The second kappa shape index (κ2) is 4.34. The third kappa shape index (κ3) is 1.96. The molecule has 1 rings (SSSR count). The minimum atomic E-state index is -0.354. The SMILES string of the molecule is COC(=O)c1c(OC)cc(C)c(C)c1C. The first-order valence-corrected chi connectivity index (χ1v) is 4.76.